The van der Waals surface area contributed by atoms with E-state index in [2.05, 4.69) is 193 Å². The second-order valence-corrected chi connectivity index (χ2v) is 11.4. The van der Waals surface area contributed by atoms with Crippen molar-refractivity contribution in [1.82, 2.24) is 0 Å². The maximum absolute atomic E-state index is 2.41. The average molecular weight is 574 g/mol. The van der Waals surface area contributed by atoms with E-state index in [1.54, 1.807) is 0 Å². The Hall–Kier alpha value is -5.92. The quantitative estimate of drug-likeness (QED) is 0.191. The molecule has 0 aliphatic rings. The number of rotatable bonds is 6. The summed E-state index contributed by atoms with van der Waals surface area (Å²) >= 11 is 0. The molecule has 0 saturated heterocycles. The van der Waals surface area contributed by atoms with E-state index in [-0.39, 0.29) is 0 Å². The van der Waals surface area contributed by atoms with Crippen LogP contribution in [0.3, 0.4) is 0 Å². The Labute approximate surface area is 264 Å². The predicted molar refractivity (Wildman–Crippen MR) is 192 cm³/mol. The van der Waals surface area contributed by atoms with E-state index in [1.807, 2.05) is 0 Å². The molecule has 45 heavy (non-hydrogen) atoms. The summed E-state index contributed by atoms with van der Waals surface area (Å²) in [6.07, 6.45) is 0. The molecule has 0 radical (unpaired) electrons. The zero-order chi connectivity index (χ0) is 30.0. The zero-order valence-corrected chi connectivity index (χ0v) is 24.8. The normalized spacial score (nSPS) is 11.1. The molecule has 1 nitrogen and oxygen atoms in total. The van der Waals surface area contributed by atoms with Crippen LogP contribution in [0.4, 0.5) is 17.1 Å². The highest BCUT2D eigenvalue weighted by Gasteiger charge is 2.19. The van der Waals surface area contributed by atoms with Crippen LogP contribution in [0.15, 0.2) is 188 Å². The van der Waals surface area contributed by atoms with Crippen molar-refractivity contribution >= 4 is 38.6 Å². The molecule has 8 aromatic rings. The van der Waals surface area contributed by atoms with Gasteiger partial charge >= 0.3 is 0 Å². The van der Waals surface area contributed by atoms with Crippen molar-refractivity contribution in [3.8, 4) is 33.4 Å². The van der Waals surface area contributed by atoms with Gasteiger partial charge in [-0.2, -0.15) is 0 Å². The fourth-order valence-electron chi connectivity index (χ4n) is 6.48. The monoisotopic (exact) mass is 573 g/mol. The molecule has 0 unspecified atom stereocenters. The minimum atomic E-state index is 1.11. The van der Waals surface area contributed by atoms with Gasteiger partial charge in [-0.25, -0.2) is 0 Å². The topological polar surface area (TPSA) is 3.24 Å². The van der Waals surface area contributed by atoms with Gasteiger partial charge in [-0.15, -0.1) is 0 Å². The van der Waals surface area contributed by atoms with Crippen molar-refractivity contribution in [1.29, 1.82) is 0 Å². The lowest BCUT2D eigenvalue weighted by molar-refractivity contribution is 1.30. The highest BCUT2D eigenvalue weighted by molar-refractivity contribution is 6.02. The number of para-hydroxylation sites is 1. The van der Waals surface area contributed by atoms with E-state index < -0.39 is 0 Å². The summed E-state index contributed by atoms with van der Waals surface area (Å²) in [5.74, 6) is 0. The molecule has 0 atom stereocenters. The van der Waals surface area contributed by atoms with Crippen LogP contribution in [0.5, 0.6) is 0 Å². The molecule has 0 N–H and O–H groups in total. The third-order valence-corrected chi connectivity index (χ3v) is 8.64. The van der Waals surface area contributed by atoms with Crippen molar-refractivity contribution in [2.45, 2.75) is 0 Å². The Bertz CT molecular complexity index is 2250. The molecule has 0 heterocycles. The van der Waals surface area contributed by atoms with Crippen LogP contribution in [0.25, 0.3) is 54.9 Å². The SMILES string of the molecule is c1ccc(-c2ccccc2N(c2ccc(-c3cc(-c4ccccc4)c4ccccc4c3)cc2)c2cccc3ccccc23)cc1. The summed E-state index contributed by atoms with van der Waals surface area (Å²) in [6, 6.07) is 67.6. The molecule has 0 aliphatic heterocycles. The zero-order valence-electron chi connectivity index (χ0n) is 24.8. The molecular formula is C44H31N. The first-order chi connectivity index (χ1) is 22.3. The number of hydrogen-bond acceptors (Lipinski definition) is 1. The molecule has 8 aromatic carbocycles. The van der Waals surface area contributed by atoms with Crippen LogP contribution < -0.4 is 4.90 Å². The largest absolute Gasteiger partial charge is 0.309 e. The van der Waals surface area contributed by atoms with Gasteiger partial charge in [-0.1, -0.05) is 152 Å². The molecule has 212 valence electrons. The molecule has 0 fully saturated rings. The molecule has 0 amide bonds. The van der Waals surface area contributed by atoms with Crippen molar-refractivity contribution in [3.05, 3.63) is 188 Å². The lowest BCUT2D eigenvalue weighted by Crippen LogP contribution is -2.11. The lowest BCUT2D eigenvalue weighted by Gasteiger charge is -2.29. The second-order valence-electron chi connectivity index (χ2n) is 11.4. The maximum Gasteiger partial charge on any atom is 0.0540 e. The van der Waals surface area contributed by atoms with Crippen LogP contribution in [0, 0.1) is 0 Å². The summed E-state index contributed by atoms with van der Waals surface area (Å²) in [6.45, 7) is 0. The Kier molecular flexibility index (Phi) is 6.90. The summed E-state index contributed by atoms with van der Waals surface area (Å²) < 4.78 is 0. The van der Waals surface area contributed by atoms with Gasteiger partial charge in [0.2, 0.25) is 0 Å². The van der Waals surface area contributed by atoms with Gasteiger partial charge in [-0.05, 0) is 80.4 Å². The van der Waals surface area contributed by atoms with Crippen LogP contribution in [-0.2, 0) is 0 Å². The lowest BCUT2D eigenvalue weighted by atomic mass is 9.93. The van der Waals surface area contributed by atoms with Gasteiger partial charge in [0.05, 0.1) is 11.4 Å². The van der Waals surface area contributed by atoms with Gasteiger partial charge in [0, 0.05) is 16.6 Å². The molecule has 0 spiro atoms. The van der Waals surface area contributed by atoms with Crippen LogP contribution in [0.1, 0.15) is 0 Å². The van der Waals surface area contributed by atoms with Crippen LogP contribution in [0.2, 0.25) is 0 Å². The number of anilines is 3. The number of hydrogen-bond donors (Lipinski definition) is 0. The van der Waals surface area contributed by atoms with E-state index >= 15 is 0 Å². The van der Waals surface area contributed by atoms with Crippen LogP contribution >= 0.6 is 0 Å². The first-order valence-corrected chi connectivity index (χ1v) is 15.4. The highest BCUT2D eigenvalue weighted by Crippen LogP contribution is 2.44. The summed E-state index contributed by atoms with van der Waals surface area (Å²) in [4.78, 5) is 2.41. The third kappa shape index (κ3) is 5.05. The summed E-state index contributed by atoms with van der Waals surface area (Å²) in [5.41, 5.74) is 10.7. The maximum atomic E-state index is 2.41. The summed E-state index contributed by atoms with van der Waals surface area (Å²) in [7, 11) is 0. The van der Waals surface area contributed by atoms with Gasteiger partial charge in [-0.3, -0.25) is 0 Å². The minimum absolute atomic E-state index is 1.11. The number of fused-ring (bicyclic) bond motifs is 2. The fraction of sp³-hybridized carbons (Fsp3) is 0. The number of benzene rings is 8. The van der Waals surface area contributed by atoms with Crippen LogP contribution in [-0.4, -0.2) is 0 Å². The highest BCUT2D eigenvalue weighted by atomic mass is 15.1. The standard InChI is InChI=1S/C44H31N/c1-3-14-33(15-4-1)40-23-11-12-24-43(40)45(44-25-13-20-34-18-7-10-22-41(34)44)38-28-26-32(27-29-38)37-30-36-19-8-9-21-39(36)42(31-37)35-16-5-2-6-17-35/h1-31H. The fourth-order valence-corrected chi connectivity index (χ4v) is 6.48. The molecule has 0 bridgehead atoms. The Morgan fingerprint density at radius 2 is 0.844 bits per heavy atom. The Morgan fingerprint density at radius 1 is 0.289 bits per heavy atom. The second kappa shape index (κ2) is 11.6. The van der Waals surface area contributed by atoms with Crippen molar-refractivity contribution in [2.24, 2.45) is 0 Å². The van der Waals surface area contributed by atoms with E-state index in [9.17, 15) is 0 Å². The van der Waals surface area contributed by atoms with E-state index in [1.165, 1.54) is 54.9 Å². The van der Waals surface area contributed by atoms with E-state index in [0.29, 0.717) is 0 Å². The molecule has 0 aliphatic carbocycles. The molecule has 0 aromatic heterocycles. The molecule has 8 rings (SSSR count). The predicted octanol–water partition coefficient (Wildman–Crippen LogP) is 12.5. The molecular weight excluding hydrogens is 542 g/mol. The van der Waals surface area contributed by atoms with Gasteiger partial charge in [0.1, 0.15) is 0 Å². The first kappa shape index (κ1) is 26.7. The van der Waals surface area contributed by atoms with E-state index in [0.717, 1.165) is 17.1 Å². The van der Waals surface area contributed by atoms with Gasteiger partial charge < -0.3 is 4.90 Å². The minimum Gasteiger partial charge on any atom is -0.309 e. The average Bonchev–Trinajstić information content (AvgIpc) is 3.13. The summed E-state index contributed by atoms with van der Waals surface area (Å²) in [5, 5.41) is 4.95. The van der Waals surface area contributed by atoms with Crippen molar-refractivity contribution in [3.63, 3.8) is 0 Å². The first-order valence-electron chi connectivity index (χ1n) is 15.4. The van der Waals surface area contributed by atoms with E-state index in [4.69, 9.17) is 0 Å². The van der Waals surface area contributed by atoms with Gasteiger partial charge in [0.25, 0.3) is 0 Å². The number of nitrogens with zero attached hydrogens (tertiary/aromatic N) is 1. The molecule has 0 saturated carbocycles. The smallest absolute Gasteiger partial charge is 0.0540 e. The van der Waals surface area contributed by atoms with Crippen molar-refractivity contribution in [2.75, 3.05) is 4.90 Å². The Balaban J connectivity index is 1.29. The Morgan fingerprint density at radius 3 is 1.60 bits per heavy atom. The third-order valence-electron chi connectivity index (χ3n) is 8.64. The molecule has 1 heteroatoms. The van der Waals surface area contributed by atoms with Crippen molar-refractivity contribution < 1.29 is 0 Å². The van der Waals surface area contributed by atoms with Gasteiger partial charge in [0.15, 0.2) is 0 Å².